The van der Waals surface area contributed by atoms with Gasteiger partial charge < -0.3 is 19.6 Å². The second-order valence-electron chi connectivity index (χ2n) is 4.44. The van der Waals surface area contributed by atoms with E-state index in [0.717, 1.165) is 0 Å². The number of rotatable bonds is 6. The predicted octanol–water partition coefficient (Wildman–Crippen LogP) is 1.45. The molecule has 0 aromatic carbocycles. The minimum Gasteiger partial charge on any atom is -0.465 e. The van der Waals surface area contributed by atoms with Crippen LogP contribution in [0.5, 0.6) is 0 Å². The smallest absolute Gasteiger partial charge is 0.352 e. The summed E-state index contributed by atoms with van der Waals surface area (Å²) in [4.78, 5) is 39.0. The lowest BCUT2D eigenvalue weighted by Crippen LogP contribution is -2.27. The number of hydrogen-bond donors (Lipinski definition) is 0. The zero-order valence-corrected chi connectivity index (χ0v) is 12.6. The lowest BCUT2D eigenvalue weighted by molar-refractivity contribution is -0.391. The lowest BCUT2D eigenvalue weighted by atomic mass is 10.1. The van der Waals surface area contributed by atoms with Crippen LogP contribution in [0.2, 0.25) is 0 Å². The van der Waals surface area contributed by atoms with Crippen LogP contribution in [0.1, 0.15) is 25.5 Å². The molecule has 122 valence electrons. The van der Waals surface area contributed by atoms with E-state index >= 15 is 0 Å². The summed E-state index contributed by atoms with van der Waals surface area (Å²) < 4.78 is 10.9. The highest BCUT2D eigenvalue weighted by molar-refractivity contribution is 6.01. The van der Waals surface area contributed by atoms with Crippen LogP contribution < -0.4 is 0 Å². The van der Waals surface area contributed by atoms with Crippen molar-refractivity contribution in [2.24, 2.45) is 0 Å². The third-order valence-corrected chi connectivity index (χ3v) is 3.02. The molecular formula is C14H15N3O6. The van der Waals surface area contributed by atoms with Crippen molar-refractivity contribution in [3.05, 3.63) is 40.2 Å². The van der Waals surface area contributed by atoms with Gasteiger partial charge in [-0.25, -0.2) is 4.98 Å². The van der Waals surface area contributed by atoms with E-state index in [1.54, 1.807) is 26.0 Å². The van der Waals surface area contributed by atoms with Gasteiger partial charge in [0.05, 0.1) is 19.4 Å². The van der Waals surface area contributed by atoms with Crippen LogP contribution in [0.15, 0.2) is 24.4 Å². The molecule has 0 spiro atoms. The lowest BCUT2D eigenvalue weighted by Gasteiger charge is -2.12. The van der Waals surface area contributed by atoms with Crippen molar-refractivity contribution >= 4 is 23.4 Å². The van der Waals surface area contributed by atoms with E-state index < -0.39 is 28.6 Å². The molecule has 9 nitrogen and oxygen atoms in total. The van der Waals surface area contributed by atoms with Crippen molar-refractivity contribution in [3.63, 3.8) is 0 Å². The van der Waals surface area contributed by atoms with Crippen LogP contribution in [-0.2, 0) is 19.1 Å². The van der Waals surface area contributed by atoms with Gasteiger partial charge >= 0.3 is 17.8 Å². The first-order valence-electron chi connectivity index (χ1n) is 6.95. The van der Waals surface area contributed by atoms with Gasteiger partial charge in [-0.2, -0.15) is 4.40 Å². The molecule has 0 aliphatic heterocycles. The molecule has 2 heterocycles. The van der Waals surface area contributed by atoms with E-state index in [-0.39, 0.29) is 24.6 Å². The molecule has 2 aromatic rings. The topological polar surface area (TPSA) is 113 Å². The quantitative estimate of drug-likeness (QED) is 0.342. The maximum Gasteiger partial charge on any atom is 0.352 e. The SMILES string of the molecule is CCOC(=O)C(C(=O)OCC)c1nc2ccccn2c1[N+](=O)[O-]. The van der Waals surface area contributed by atoms with E-state index in [1.165, 1.54) is 16.7 Å². The van der Waals surface area contributed by atoms with Crippen molar-refractivity contribution < 1.29 is 24.0 Å². The van der Waals surface area contributed by atoms with E-state index in [9.17, 15) is 19.7 Å². The van der Waals surface area contributed by atoms with Gasteiger partial charge in [0.15, 0.2) is 5.69 Å². The Morgan fingerprint density at radius 2 is 1.87 bits per heavy atom. The van der Waals surface area contributed by atoms with E-state index in [0.29, 0.717) is 0 Å². The molecule has 0 aliphatic carbocycles. The number of pyridine rings is 1. The molecule has 0 radical (unpaired) electrons. The van der Waals surface area contributed by atoms with Crippen molar-refractivity contribution in [1.82, 2.24) is 9.38 Å². The predicted molar refractivity (Wildman–Crippen MR) is 77.9 cm³/mol. The number of esters is 2. The maximum atomic E-state index is 12.1. The van der Waals surface area contributed by atoms with Crippen LogP contribution in [0.25, 0.3) is 5.65 Å². The van der Waals surface area contributed by atoms with Gasteiger partial charge in [-0.1, -0.05) is 6.07 Å². The largest absolute Gasteiger partial charge is 0.465 e. The molecule has 0 N–H and O–H groups in total. The van der Waals surface area contributed by atoms with Crippen LogP contribution in [0.3, 0.4) is 0 Å². The molecule has 9 heteroatoms. The molecule has 0 amide bonds. The summed E-state index contributed by atoms with van der Waals surface area (Å²) >= 11 is 0. The Labute approximate surface area is 131 Å². The van der Waals surface area contributed by atoms with Crippen molar-refractivity contribution in [3.8, 4) is 0 Å². The number of hydrogen-bond acceptors (Lipinski definition) is 7. The average molecular weight is 321 g/mol. The summed E-state index contributed by atoms with van der Waals surface area (Å²) in [6, 6.07) is 4.75. The normalized spacial score (nSPS) is 10.7. The molecular weight excluding hydrogens is 306 g/mol. The highest BCUT2D eigenvalue weighted by Gasteiger charge is 2.40. The van der Waals surface area contributed by atoms with Gasteiger partial charge in [-0.3, -0.25) is 9.59 Å². The third-order valence-electron chi connectivity index (χ3n) is 3.02. The zero-order chi connectivity index (χ0) is 17.0. The van der Waals surface area contributed by atoms with Gasteiger partial charge in [0.25, 0.3) is 0 Å². The number of carbonyl (C=O) groups excluding carboxylic acids is 2. The fourth-order valence-electron chi connectivity index (χ4n) is 2.15. The summed E-state index contributed by atoms with van der Waals surface area (Å²) in [6.45, 7) is 3.18. The van der Waals surface area contributed by atoms with Crippen molar-refractivity contribution in [2.75, 3.05) is 13.2 Å². The number of aromatic nitrogens is 2. The molecule has 2 aromatic heterocycles. The second-order valence-corrected chi connectivity index (χ2v) is 4.44. The highest BCUT2D eigenvalue weighted by atomic mass is 16.6. The monoisotopic (exact) mass is 321 g/mol. The second kappa shape index (κ2) is 6.86. The van der Waals surface area contributed by atoms with Gasteiger partial charge in [0, 0.05) is 6.07 Å². The minimum absolute atomic E-state index is 0.0237. The van der Waals surface area contributed by atoms with Crippen LogP contribution >= 0.6 is 0 Å². The Hall–Kier alpha value is -2.97. The first kappa shape index (κ1) is 16.4. The minimum atomic E-state index is -1.60. The number of carbonyl (C=O) groups is 2. The number of nitrogens with zero attached hydrogens (tertiary/aromatic N) is 3. The fourth-order valence-corrected chi connectivity index (χ4v) is 2.15. The summed E-state index contributed by atoms with van der Waals surface area (Å²) in [5.74, 6) is -3.93. The summed E-state index contributed by atoms with van der Waals surface area (Å²) in [7, 11) is 0. The summed E-state index contributed by atoms with van der Waals surface area (Å²) in [6.07, 6.45) is 1.43. The molecule has 0 atom stereocenters. The first-order valence-corrected chi connectivity index (χ1v) is 6.95. The molecule has 23 heavy (non-hydrogen) atoms. The maximum absolute atomic E-state index is 12.1. The first-order chi connectivity index (χ1) is 11.0. The Morgan fingerprint density at radius 3 is 2.39 bits per heavy atom. The van der Waals surface area contributed by atoms with E-state index in [4.69, 9.17) is 9.47 Å². The Kier molecular flexibility index (Phi) is 4.89. The zero-order valence-electron chi connectivity index (χ0n) is 12.6. The Balaban J connectivity index is 2.64. The number of ether oxygens (including phenoxy) is 2. The molecule has 0 aliphatic rings. The van der Waals surface area contributed by atoms with Gasteiger partial charge in [0.1, 0.15) is 0 Å². The van der Waals surface area contributed by atoms with E-state index in [1.807, 2.05) is 0 Å². The molecule has 2 rings (SSSR count). The Bertz CT molecular complexity index is 736. The van der Waals surface area contributed by atoms with Gasteiger partial charge in [0.2, 0.25) is 11.6 Å². The van der Waals surface area contributed by atoms with Crippen LogP contribution in [0.4, 0.5) is 5.82 Å². The number of imidazole rings is 1. The third kappa shape index (κ3) is 3.12. The highest BCUT2D eigenvalue weighted by Crippen LogP contribution is 2.29. The number of fused-ring (bicyclic) bond motifs is 1. The number of nitro groups is 1. The molecule has 0 saturated carbocycles. The molecule has 0 fully saturated rings. The van der Waals surface area contributed by atoms with Gasteiger partial charge in [-0.15, -0.1) is 0 Å². The van der Waals surface area contributed by atoms with Crippen molar-refractivity contribution in [2.45, 2.75) is 19.8 Å². The summed E-state index contributed by atoms with van der Waals surface area (Å²) in [5, 5.41) is 11.4. The average Bonchev–Trinajstić information content (AvgIpc) is 2.86. The molecule has 0 unspecified atom stereocenters. The summed E-state index contributed by atoms with van der Waals surface area (Å²) in [5.41, 5.74) is -0.0501. The van der Waals surface area contributed by atoms with E-state index in [2.05, 4.69) is 4.98 Å². The van der Waals surface area contributed by atoms with Crippen molar-refractivity contribution in [1.29, 1.82) is 0 Å². The molecule has 0 bridgehead atoms. The fraction of sp³-hybridized carbons (Fsp3) is 0.357. The standard InChI is InChI=1S/C14H15N3O6/c1-3-22-13(18)10(14(19)23-4-2)11-12(17(20)21)16-8-6-5-7-9(16)15-11/h5-8,10H,3-4H2,1-2H3. The van der Waals surface area contributed by atoms with Crippen LogP contribution in [0, 0.1) is 10.1 Å². The van der Waals surface area contributed by atoms with Crippen LogP contribution in [-0.4, -0.2) is 39.5 Å². The van der Waals surface area contributed by atoms with Gasteiger partial charge in [-0.05, 0) is 24.8 Å². The molecule has 0 saturated heterocycles. The Morgan fingerprint density at radius 1 is 1.26 bits per heavy atom.